The Morgan fingerprint density at radius 1 is 1.38 bits per heavy atom. The number of para-hydroxylation sites is 2. The van der Waals surface area contributed by atoms with Crippen LogP contribution in [-0.4, -0.2) is 20.6 Å². The fraction of sp³-hybridized carbons (Fsp3) is 0.286. The Balaban J connectivity index is 2.25. The van der Waals surface area contributed by atoms with Crippen molar-refractivity contribution in [1.82, 2.24) is 9.78 Å². The largest absolute Gasteiger partial charge is 0.435 e. The maximum absolute atomic E-state index is 12.7. The molecule has 1 heterocycles. The van der Waals surface area contributed by atoms with Crippen molar-refractivity contribution in [3.05, 3.63) is 51.8 Å². The molecule has 0 saturated carbocycles. The van der Waals surface area contributed by atoms with Crippen molar-refractivity contribution in [2.75, 3.05) is 5.32 Å². The first-order valence-electron chi connectivity index (χ1n) is 6.79. The molecule has 1 atom stereocenters. The third kappa shape index (κ3) is 3.53. The van der Waals surface area contributed by atoms with Gasteiger partial charge in [-0.15, -0.1) is 0 Å². The van der Waals surface area contributed by atoms with Crippen molar-refractivity contribution in [3.8, 4) is 0 Å². The van der Waals surface area contributed by atoms with Gasteiger partial charge in [-0.05, 0) is 26.0 Å². The standard InChI is InChI=1S/C14H13F3N4O3/c1-8-7-12(14(15,16)17)19-20(8)9(2)13(22)18-10-5-3-4-6-11(10)21(23)24/h3-7,9H,1-2H3,(H,18,22). The Labute approximate surface area is 134 Å². The number of anilines is 1. The number of benzene rings is 1. The van der Waals surface area contributed by atoms with E-state index in [0.717, 1.165) is 10.7 Å². The second-order valence-corrected chi connectivity index (χ2v) is 5.05. The summed E-state index contributed by atoms with van der Waals surface area (Å²) in [6.45, 7) is 2.74. The summed E-state index contributed by atoms with van der Waals surface area (Å²) in [7, 11) is 0. The predicted octanol–water partition coefficient (Wildman–Crippen LogP) is 3.32. The SMILES string of the molecule is Cc1cc(C(F)(F)F)nn1C(C)C(=O)Nc1ccccc1[N+](=O)[O-]. The lowest BCUT2D eigenvalue weighted by molar-refractivity contribution is -0.383. The zero-order valence-corrected chi connectivity index (χ0v) is 12.7. The summed E-state index contributed by atoms with van der Waals surface area (Å²) in [6.07, 6.45) is -4.62. The molecule has 1 unspecified atom stereocenters. The summed E-state index contributed by atoms with van der Waals surface area (Å²) in [6, 6.07) is 5.22. The summed E-state index contributed by atoms with van der Waals surface area (Å²) >= 11 is 0. The summed E-state index contributed by atoms with van der Waals surface area (Å²) in [4.78, 5) is 22.5. The van der Waals surface area contributed by atoms with Crippen LogP contribution in [0.3, 0.4) is 0 Å². The van der Waals surface area contributed by atoms with Crippen LogP contribution in [0, 0.1) is 17.0 Å². The Morgan fingerprint density at radius 3 is 2.54 bits per heavy atom. The molecule has 0 aliphatic carbocycles. The van der Waals surface area contributed by atoms with Gasteiger partial charge in [0.05, 0.1) is 4.92 Å². The molecule has 1 aromatic carbocycles. The number of nitrogens with one attached hydrogen (secondary N) is 1. The summed E-state index contributed by atoms with van der Waals surface area (Å²) in [5.41, 5.74) is -1.32. The zero-order valence-electron chi connectivity index (χ0n) is 12.7. The number of aromatic nitrogens is 2. The number of halogens is 3. The van der Waals surface area contributed by atoms with E-state index in [1.807, 2.05) is 0 Å². The minimum atomic E-state index is -4.62. The van der Waals surface area contributed by atoms with Crippen molar-refractivity contribution in [1.29, 1.82) is 0 Å². The summed E-state index contributed by atoms with van der Waals surface area (Å²) in [5, 5.41) is 16.7. The minimum Gasteiger partial charge on any atom is -0.319 e. The van der Waals surface area contributed by atoms with Crippen molar-refractivity contribution in [2.45, 2.75) is 26.1 Å². The highest BCUT2D eigenvalue weighted by atomic mass is 19.4. The first kappa shape index (κ1) is 17.4. The number of nitro groups is 1. The van der Waals surface area contributed by atoms with Gasteiger partial charge in [-0.25, -0.2) is 0 Å². The molecule has 0 saturated heterocycles. The van der Waals surface area contributed by atoms with E-state index >= 15 is 0 Å². The molecule has 1 aromatic heterocycles. The lowest BCUT2D eigenvalue weighted by Crippen LogP contribution is -2.26. The van der Waals surface area contributed by atoms with Crippen LogP contribution in [0.5, 0.6) is 0 Å². The smallest absolute Gasteiger partial charge is 0.319 e. The highest BCUT2D eigenvalue weighted by molar-refractivity contribution is 5.95. The van der Waals surface area contributed by atoms with E-state index in [2.05, 4.69) is 10.4 Å². The second-order valence-electron chi connectivity index (χ2n) is 5.05. The van der Waals surface area contributed by atoms with Gasteiger partial charge in [0.1, 0.15) is 11.7 Å². The molecular formula is C14H13F3N4O3. The van der Waals surface area contributed by atoms with E-state index in [4.69, 9.17) is 0 Å². The molecule has 0 aliphatic rings. The fourth-order valence-electron chi connectivity index (χ4n) is 2.11. The summed E-state index contributed by atoms with van der Waals surface area (Å²) < 4.78 is 39.0. The van der Waals surface area contributed by atoms with Gasteiger partial charge in [0.15, 0.2) is 5.69 Å². The van der Waals surface area contributed by atoms with E-state index in [1.165, 1.54) is 38.1 Å². The van der Waals surface area contributed by atoms with E-state index in [1.54, 1.807) is 0 Å². The van der Waals surface area contributed by atoms with E-state index in [9.17, 15) is 28.1 Å². The Hall–Kier alpha value is -2.91. The van der Waals surface area contributed by atoms with Crippen LogP contribution in [-0.2, 0) is 11.0 Å². The van der Waals surface area contributed by atoms with Gasteiger partial charge in [-0.2, -0.15) is 18.3 Å². The monoisotopic (exact) mass is 342 g/mol. The molecule has 0 fully saturated rings. The molecule has 1 N–H and O–H groups in total. The van der Waals surface area contributed by atoms with Gasteiger partial charge in [0.25, 0.3) is 5.69 Å². The van der Waals surface area contributed by atoms with Crippen LogP contribution >= 0.6 is 0 Å². The van der Waals surface area contributed by atoms with Gasteiger partial charge < -0.3 is 5.32 Å². The zero-order chi connectivity index (χ0) is 18.1. The average Bonchev–Trinajstić information content (AvgIpc) is 2.88. The first-order valence-corrected chi connectivity index (χ1v) is 6.79. The number of alkyl halides is 3. The number of rotatable bonds is 4. The lowest BCUT2D eigenvalue weighted by Gasteiger charge is -2.14. The number of carbonyl (C=O) groups is 1. The van der Waals surface area contributed by atoms with Gasteiger partial charge in [-0.1, -0.05) is 12.1 Å². The first-order chi connectivity index (χ1) is 11.1. The van der Waals surface area contributed by atoms with Crippen molar-refractivity contribution >= 4 is 17.3 Å². The number of amides is 1. The lowest BCUT2D eigenvalue weighted by atomic mass is 10.2. The number of nitrogens with zero attached hydrogens (tertiary/aromatic N) is 3. The fourth-order valence-corrected chi connectivity index (χ4v) is 2.11. The molecule has 0 radical (unpaired) electrons. The van der Waals surface area contributed by atoms with E-state index in [0.29, 0.717) is 0 Å². The highest BCUT2D eigenvalue weighted by Crippen LogP contribution is 2.30. The molecule has 0 spiro atoms. The normalized spacial score (nSPS) is 12.7. The molecule has 2 aromatic rings. The summed E-state index contributed by atoms with van der Waals surface area (Å²) in [5.74, 6) is -0.718. The highest BCUT2D eigenvalue weighted by Gasteiger charge is 2.35. The van der Waals surface area contributed by atoms with Crippen molar-refractivity contribution in [3.63, 3.8) is 0 Å². The number of aryl methyl sites for hydroxylation is 1. The van der Waals surface area contributed by atoms with Gasteiger partial charge in [-0.3, -0.25) is 19.6 Å². The van der Waals surface area contributed by atoms with Crippen LogP contribution < -0.4 is 5.32 Å². The number of hydrogen-bond acceptors (Lipinski definition) is 4. The quantitative estimate of drug-likeness (QED) is 0.682. The molecule has 0 bridgehead atoms. The third-order valence-electron chi connectivity index (χ3n) is 3.32. The van der Waals surface area contributed by atoms with Crippen molar-refractivity contribution in [2.24, 2.45) is 0 Å². The average molecular weight is 342 g/mol. The van der Waals surface area contributed by atoms with Crippen LogP contribution in [0.2, 0.25) is 0 Å². The minimum absolute atomic E-state index is 0.0415. The van der Waals surface area contributed by atoms with E-state index < -0.39 is 28.7 Å². The second kappa shape index (κ2) is 6.30. The third-order valence-corrected chi connectivity index (χ3v) is 3.32. The Morgan fingerprint density at radius 2 is 2.00 bits per heavy atom. The molecule has 7 nitrogen and oxygen atoms in total. The number of carbonyl (C=O) groups excluding carboxylic acids is 1. The molecule has 10 heteroatoms. The van der Waals surface area contributed by atoms with Gasteiger partial charge >= 0.3 is 6.18 Å². The van der Waals surface area contributed by atoms with Crippen LogP contribution in [0.4, 0.5) is 24.5 Å². The van der Waals surface area contributed by atoms with Crippen molar-refractivity contribution < 1.29 is 22.9 Å². The maximum atomic E-state index is 12.7. The number of nitro benzene ring substituents is 1. The van der Waals surface area contributed by atoms with Gasteiger partial charge in [0, 0.05) is 11.8 Å². The van der Waals surface area contributed by atoms with Crippen LogP contribution in [0.1, 0.15) is 24.4 Å². The molecular weight excluding hydrogens is 329 g/mol. The van der Waals surface area contributed by atoms with E-state index in [-0.39, 0.29) is 17.1 Å². The molecule has 1 amide bonds. The molecule has 2 rings (SSSR count). The maximum Gasteiger partial charge on any atom is 0.435 e. The van der Waals surface area contributed by atoms with Crippen LogP contribution in [0.25, 0.3) is 0 Å². The topological polar surface area (TPSA) is 90.1 Å². The van der Waals surface area contributed by atoms with Gasteiger partial charge in [0.2, 0.25) is 5.91 Å². The Kier molecular flexibility index (Phi) is 4.58. The predicted molar refractivity (Wildman–Crippen MR) is 78.4 cm³/mol. The Bertz CT molecular complexity index is 786. The molecule has 128 valence electrons. The number of hydrogen-bond donors (Lipinski definition) is 1. The molecule has 0 aliphatic heterocycles. The van der Waals surface area contributed by atoms with Crippen LogP contribution in [0.15, 0.2) is 30.3 Å². The molecule has 24 heavy (non-hydrogen) atoms.